The van der Waals surface area contributed by atoms with Crippen molar-refractivity contribution >= 4 is 16.7 Å². The summed E-state index contributed by atoms with van der Waals surface area (Å²) in [6.45, 7) is 8.04. The van der Waals surface area contributed by atoms with Gasteiger partial charge in [-0.25, -0.2) is 0 Å². The smallest absolute Gasteiger partial charge is 0.333 e. The summed E-state index contributed by atoms with van der Waals surface area (Å²) in [5.74, 6) is 0. The van der Waals surface area contributed by atoms with Gasteiger partial charge < -0.3 is 10.2 Å². The van der Waals surface area contributed by atoms with E-state index in [0.717, 1.165) is 58.3 Å². The average Bonchev–Trinajstić information content (AvgIpc) is 2.44. The van der Waals surface area contributed by atoms with Crippen molar-refractivity contribution in [3.8, 4) is 0 Å². The van der Waals surface area contributed by atoms with E-state index in [2.05, 4.69) is 28.8 Å². The first kappa shape index (κ1) is 20.3. The predicted molar refractivity (Wildman–Crippen MR) is 83.4 cm³/mol. The monoisotopic (exact) mass is 323 g/mol. The van der Waals surface area contributed by atoms with Gasteiger partial charge in [-0.2, -0.15) is 13.1 Å². The Morgan fingerprint density at radius 2 is 1.76 bits per heavy atom. The highest BCUT2D eigenvalue weighted by atomic mass is 32.2. The maximum Gasteiger partial charge on any atom is 0.333 e. The lowest BCUT2D eigenvalue weighted by Crippen LogP contribution is -2.35. The van der Waals surface area contributed by atoms with Crippen molar-refractivity contribution in [1.82, 2.24) is 14.9 Å². The highest BCUT2D eigenvalue weighted by Crippen LogP contribution is 2.17. The van der Waals surface area contributed by atoms with Crippen LogP contribution >= 0.6 is 0 Å². The average molecular weight is 323 g/mol. The van der Waals surface area contributed by atoms with E-state index in [0.29, 0.717) is 0 Å². The largest absolute Gasteiger partial charge is 0.357 e. The number of likely N-dealkylation sites (N-methyl/N-ethyl adjacent to an activating group) is 1. The number of rotatable bonds is 8. The number of nitrogens with zero attached hydrogens (tertiary/aromatic N) is 1. The van der Waals surface area contributed by atoms with Gasteiger partial charge in [0.05, 0.1) is 0 Å². The van der Waals surface area contributed by atoms with Crippen molar-refractivity contribution in [1.29, 1.82) is 0 Å². The summed E-state index contributed by atoms with van der Waals surface area (Å²) < 4.78 is 31.3. The molecule has 8 heteroatoms. The third-order valence-corrected chi connectivity index (χ3v) is 4.10. The van der Waals surface area contributed by atoms with E-state index in [1.54, 1.807) is 0 Å². The zero-order valence-corrected chi connectivity index (χ0v) is 13.9. The number of carbonyl (C=O) groups is 1. The second-order valence-electron chi connectivity index (χ2n) is 5.03. The number of nitrogens with one attached hydrogen (secondary N) is 2. The van der Waals surface area contributed by atoms with Crippen LogP contribution in [0.15, 0.2) is 0 Å². The second-order valence-corrected chi connectivity index (χ2v) is 6.21. The molecule has 0 heterocycles. The standard InChI is InChI=1S/C7H16N2O.C6H13NO3S/c1-3-9(4-2)6-5-8-7-10;8-11(9,10)7-6-4-2-1-3-5-6/h7H,3-6H2,1-2H3,(H,8,10);6-7H,1-5H2,(H,8,9,10). The van der Waals surface area contributed by atoms with Crippen molar-refractivity contribution in [2.24, 2.45) is 0 Å². The summed E-state index contributed by atoms with van der Waals surface area (Å²) in [4.78, 5) is 12.1. The van der Waals surface area contributed by atoms with Gasteiger partial charge in [0.2, 0.25) is 6.41 Å². The van der Waals surface area contributed by atoms with Gasteiger partial charge in [-0.1, -0.05) is 33.1 Å². The molecule has 0 saturated heterocycles. The molecule has 21 heavy (non-hydrogen) atoms. The Morgan fingerprint density at radius 1 is 1.19 bits per heavy atom. The molecule has 0 unspecified atom stereocenters. The number of carbonyl (C=O) groups excluding carboxylic acids is 1. The molecule has 1 fully saturated rings. The Labute approximate surface area is 128 Å². The molecule has 0 spiro atoms. The molecule has 3 N–H and O–H groups in total. The van der Waals surface area contributed by atoms with Crippen LogP contribution in [0.3, 0.4) is 0 Å². The van der Waals surface area contributed by atoms with Crippen LogP contribution in [-0.2, 0) is 15.1 Å². The van der Waals surface area contributed by atoms with Gasteiger partial charge in [0.15, 0.2) is 0 Å². The Balaban J connectivity index is 0.000000384. The molecule has 1 saturated carbocycles. The molecule has 0 atom stereocenters. The summed E-state index contributed by atoms with van der Waals surface area (Å²) in [5.41, 5.74) is 0. The molecule has 0 aromatic carbocycles. The zero-order chi connectivity index (χ0) is 16.1. The van der Waals surface area contributed by atoms with Crippen LogP contribution in [0.5, 0.6) is 0 Å². The second kappa shape index (κ2) is 11.9. The van der Waals surface area contributed by atoms with Crippen LogP contribution in [0.1, 0.15) is 46.0 Å². The van der Waals surface area contributed by atoms with Crippen LogP contribution in [0.25, 0.3) is 0 Å². The maximum absolute atomic E-state index is 10.3. The van der Waals surface area contributed by atoms with Crippen molar-refractivity contribution in [3.63, 3.8) is 0 Å². The third-order valence-electron chi connectivity index (χ3n) is 3.47. The van der Waals surface area contributed by atoms with Crippen molar-refractivity contribution < 1.29 is 17.8 Å². The van der Waals surface area contributed by atoms with Crippen molar-refractivity contribution in [2.75, 3.05) is 26.2 Å². The number of amides is 1. The van der Waals surface area contributed by atoms with Gasteiger partial charge in [0.25, 0.3) is 0 Å². The molecule has 0 aromatic rings. The fourth-order valence-corrected chi connectivity index (χ4v) is 2.91. The summed E-state index contributed by atoms with van der Waals surface area (Å²) >= 11 is 0. The van der Waals surface area contributed by atoms with E-state index in [-0.39, 0.29) is 6.04 Å². The van der Waals surface area contributed by atoms with Gasteiger partial charge in [-0.3, -0.25) is 9.35 Å². The third kappa shape index (κ3) is 12.7. The lowest BCUT2D eigenvalue weighted by Gasteiger charge is -2.20. The normalized spacial score (nSPS) is 16.2. The van der Waals surface area contributed by atoms with Gasteiger partial charge in [-0.15, -0.1) is 0 Å². The Hall–Kier alpha value is -0.700. The summed E-state index contributed by atoms with van der Waals surface area (Å²) in [5, 5.41) is 2.63. The minimum Gasteiger partial charge on any atom is -0.357 e. The Morgan fingerprint density at radius 3 is 2.19 bits per heavy atom. The SMILES string of the molecule is CCN(CC)CCNC=O.O=S(=O)(O)NC1CCCCC1. The van der Waals surface area contributed by atoms with Gasteiger partial charge in [-0.05, 0) is 25.9 Å². The van der Waals surface area contributed by atoms with E-state index in [4.69, 9.17) is 4.55 Å². The molecule has 1 rings (SSSR count). The maximum atomic E-state index is 10.3. The minimum atomic E-state index is -3.97. The molecule has 1 amide bonds. The van der Waals surface area contributed by atoms with Gasteiger partial charge in [0.1, 0.15) is 0 Å². The highest BCUT2D eigenvalue weighted by Gasteiger charge is 2.17. The Kier molecular flexibility index (Phi) is 11.5. The molecule has 0 aliphatic heterocycles. The number of hydrogen-bond donors (Lipinski definition) is 3. The summed E-state index contributed by atoms with van der Waals surface area (Å²) in [6.07, 6.45) is 5.70. The molecular formula is C13H29N3O4S. The van der Waals surface area contributed by atoms with Gasteiger partial charge >= 0.3 is 10.3 Å². The van der Waals surface area contributed by atoms with Crippen LogP contribution < -0.4 is 10.0 Å². The topological polar surface area (TPSA) is 98.7 Å². The Bertz CT molecular complexity index is 352. The first-order valence-corrected chi connectivity index (χ1v) is 9.01. The van der Waals surface area contributed by atoms with Gasteiger partial charge in [0, 0.05) is 19.1 Å². The van der Waals surface area contributed by atoms with Crippen molar-refractivity contribution in [2.45, 2.75) is 52.0 Å². The fraction of sp³-hybridized carbons (Fsp3) is 0.923. The fourth-order valence-electron chi connectivity index (χ4n) is 2.25. The first-order chi connectivity index (χ1) is 9.92. The summed E-state index contributed by atoms with van der Waals surface area (Å²) in [7, 11) is -3.97. The molecule has 7 nitrogen and oxygen atoms in total. The van der Waals surface area contributed by atoms with Crippen LogP contribution in [0, 0.1) is 0 Å². The molecule has 1 aliphatic carbocycles. The number of hydrogen-bond acceptors (Lipinski definition) is 4. The highest BCUT2D eigenvalue weighted by molar-refractivity contribution is 7.83. The summed E-state index contributed by atoms with van der Waals surface area (Å²) in [6, 6.07) is -0.0428. The zero-order valence-electron chi connectivity index (χ0n) is 13.0. The molecule has 1 aliphatic rings. The molecule has 126 valence electrons. The lowest BCUT2D eigenvalue weighted by atomic mass is 9.96. The van der Waals surface area contributed by atoms with E-state index >= 15 is 0 Å². The van der Waals surface area contributed by atoms with E-state index < -0.39 is 10.3 Å². The van der Waals surface area contributed by atoms with E-state index in [9.17, 15) is 13.2 Å². The minimum absolute atomic E-state index is 0.0428. The molecular weight excluding hydrogens is 294 g/mol. The van der Waals surface area contributed by atoms with Crippen LogP contribution in [-0.4, -0.2) is 56.5 Å². The van der Waals surface area contributed by atoms with Crippen molar-refractivity contribution in [3.05, 3.63) is 0 Å². The van der Waals surface area contributed by atoms with E-state index in [1.807, 2.05) is 0 Å². The predicted octanol–water partition coefficient (Wildman–Crippen LogP) is 0.786. The van der Waals surface area contributed by atoms with Crippen LogP contribution in [0.2, 0.25) is 0 Å². The molecule has 0 radical (unpaired) electrons. The first-order valence-electron chi connectivity index (χ1n) is 7.57. The quantitative estimate of drug-likeness (QED) is 0.348. The van der Waals surface area contributed by atoms with E-state index in [1.165, 1.54) is 6.42 Å². The molecule has 0 aromatic heterocycles. The lowest BCUT2D eigenvalue weighted by molar-refractivity contribution is -0.109. The molecule has 0 bridgehead atoms. The van der Waals surface area contributed by atoms with Crippen LogP contribution in [0.4, 0.5) is 0 Å².